The van der Waals surface area contributed by atoms with Crippen molar-refractivity contribution in [2.45, 2.75) is 29.5 Å². The van der Waals surface area contributed by atoms with E-state index >= 15 is 0 Å². The van der Waals surface area contributed by atoms with Crippen LogP contribution in [0.4, 0.5) is 10.1 Å². The van der Waals surface area contributed by atoms with E-state index in [9.17, 15) is 18.8 Å². The van der Waals surface area contributed by atoms with Crippen LogP contribution >= 0.6 is 11.8 Å². The molecule has 0 aliphatic carbocycles. The Bertz CT molecular complexity index is 1340. The van der Waals surface area contributed by atoms with Gasteiger partial charge in [0, 0.05) is 61.1 Å². The molecule has 5 rings (SSSR count). The van der Waals surface area contributed by atoms with E-state index < -0.39 is 11.9 Å². The minimum absolute atomic E-state index is 0.103. The molecule has 3 N–H and O–H groups in total. The number of benzene rings is 3. The van der Waals surface area contributed by atoms with Gasteiger partial charge in [-0.15, -0.1) is 11.8 Å². The lowest BCUT2D eigenvalue weighted by atomic mass is 9.95. The highest BCUT2D eigenvalue weighted by molar-refractivity contribution is 7.98. The number of carboxylic acid groups (broad SMARTS) is 2. The van der Waals surface area contributed by atoms with Crippen molar-refractivity contribution in [2.24, 2.45) is 0 Å². The van der Waals surface area contributed by atoms with Gasteiger partial charge in [0.1, 0.15) is 5.82 Å². The molecular formula is C32H34FN3O5S. The summed E-state index contributed by atoms with van der Waals surface area (Å²) in [6, 6.07) is 23.5. The number of anilines is 1. The smallest absolute Gasteiger partial charge is 0.328 e. The van der Waals surface area contributed by atoms with Crippen LogP contribution in [0.5, 0.6) is 0 Å². The van der Waals surface area contributed by atoms with Crippen molar-refractivity contribution >= 4 is 35.3 Å². The number of aliphatic carboxylic acids is 2. The molecule has 0 bridgehead atoms. The summed E-state index contributed by atoms with van der Waals surface area (Å²) in [6.45, 7) is 4.67. The number of nitrogens with zero attached hydrogens (tertiary/aromatic N) is 2. The number of rotatable bonds is 8. The zero-order valence-corrected chi connectivity index (χ0v) is 23.9. The van der Waals surface area contributed by atoms with E-state index in [1.807, 2.05) is 23.9 Å². The standard InChI is InChI=1S/C28H30FN3OS.C4H4O4/c29-22-11-13-23(14-12-22)32-18-16-31(17-19-32)15-5-10-27(33)30-28-24-7-2-1-6-21(24)20-34-26-9-4-3-8-25(26)28;5-3(6)1-2-4(7)8/h1-4,6-9,11-14,28H,5,10,15-20H2,(H,30,33);1-2H,(H,5,6)(H,7,8)/b;2-1+/t28-;/m0./s1. The molecule has 0 saturated carbocycles. The van der Waals surface area contributed by atoms with Crippen LogP contribution in [-0.4, -0.2) is 65.7 Å². The van der Waals surface area contributed by atoms with E-state index in [1.54, 1.807) is 0 Å². The third-order valence-electron chi connectivity index (χ3n) is 7.10. The number of hydrogen-bond donors (Lipinski definition) is 3. The minimum atomic E-state index is -1.26. The van der Waals surface area contributed by atoms with E-state index in [2.05, 4.69) is 63.6 Å². The number of fused-ring (bicyclic) bond motifs is 2. The predicted octanol–water partition coefficient (Wildman–Crippen LogP) is 4.95. The molecule has 1 atom stereocenters. The van der Waals surface area contributed by atoms with Gasteiger partial charge in [-0.3, -0.25) is 9.69 Å². The lowest BCUT2D eigenvalue weighted by Gasteiger charge is -2.36. The number of carbonyl (C=O) groups excluding carboxylic acids is 1. The first-order valence-corrected chi connectivity index (χ1v) is 14.7. The number of amides is 1. The summed E-state index contributed by atoms with van der Waals surface area (Å²) in [5.41, 5.74) is 4.74. The summed E-state index contributed by atoms with van der Waals surface area (Å²) in [6.07, 6.45) is 2.48. The van der Waals surface area contributed by atoms with Gasteiger partial charge in [0.05, 0.1) is 6.04 Å². The fourth-order valence-corrected chi connectivity index (χ4v) is 6.10. The Kier molecular flexibility index (Phi) is 11.1. The summed E-state index contributed by atoms with van der Waals surface area (Å²) in [4.78, 5) is 38.0. The van der Waals surface area contributed by atoms with Crippen molar-refractivity contribution in [2.75, 3.05) is 37.6 Å². The molecule has 2 aliphatic heterocycles. The van der Waals surface area contributed by atoms with Crippen molar-refractivity contribution in [3.63, 3.8) is 0 Å². The van der Waals surface area contributed by atoms with Crippen LogP contribution in [-0.2, 0) is 20.1 Å². The lowest BCUT2D eigenvalue weighted by Crippen LogP contribution is -2.46. The molecule has 0 radical (unpaired) electrons. The fourth-order valence-electron chi connectivity index (χ4n) is 5.00. The highest BCUT2D eigenvalue weighted by atomic mass is 32.2. The Balaban J connectivity index is 0.000000446. The normalized spacial score (nSPS) is 16.4. The first-order chi connectivity index (χ1) is 20.3. The van der Waals surface area contributed by atoms with Gasteiger partial charge in [-0.25, -0.2) is 14.0 Å². The van der Waals surface area contributed by atoms with E-state index in [1.165, 1.54) is 33.7 Å². The first kappa shape index (κ1) is 30.8. The molecule has 8 nitrogen and oxygen atoms in total. The average molecular weight is 592 g/mol. The molecule has 3 aromatic carbocycles. The van der Waals surface area contributed by atoms with Crippen LogP contribution in [0.15, 0.2) is 89.8 Å². The number of piperazine rings is 1. The molecule has 0 aromatic heterocycles. The third kappa shape index (κ3) is 8.92. The molecule has 0 unspecified atom stereocenters. The van der Waals surface area contributed by atoms with Crippen molar-refractivity contribution in [1.82, 2.24) is 10.2 Å². The summed E-state index contributed by atoms with van der Waals surface area (Å²) < 4.78 is 13.2. The van der Waals surface area contributed by atoms with E-state index in [0.717, 1.165) is 50.6 Å². The second kappa shape index (κ2) is 15.2. The molecule has 1 fully saturated rings. The number of carbonyl (C=O) groups is 3. The predicted molar refractivity (Wildman–Crippen MR) is 161 cm³/mol. The Morgan fingerprint density at radius 2 is 1.48 bits per heavy atom. The lowest BCUT2D eigenvalue weighted by molar-refractivity contribution is -0.134. The van der Waals surface area contributed by atoms with Crippen LogP contribution in [0.2, 0.25) is 0 Å². The zero-order valence-electron chi connectivity index (χ0n) is 23.1. The molecule has 2 heterocycles. The zero-order chi connectivity index (χ0) is 29.9. The summed E-state index contributed by atoms with van der Waals surface area (Å²) in [5, 5.41) is 19.0. The molecule has 3 aromatic rings. The van der Waals surface area contributed by atoms with Gasteiger partial charge >= 0.3 is 11.9 Å². The van der Waals surface area contributed by atoms with Crippen molar-refractivity contribution in [3.8, 4) is 0 Å². The Morgan fingerprint density at radius 3 is 2.14 bits per heavy atom. The van der Waals surface area contributed by atoms with Gasteiger partial charge in [0.15, 0.2) is 0 Å². The summed E-state index contributed by atoms with van der Waals surface area (Å²) in [5.74, 6) is -1.69. The van der Waals surface area contributed by atoms with Crippen molar-refractivity contribution < 1.29 is 29.0 Å². The second-order valence-corrected chi connectivity index (χ2v) is 11.0. The van der Waals surface area contributed by atoms with E-state index in [4.69, 9.17) is 10.2 Å². The Morgan fingerprint density at radius 1 is 0.857 bits per heavy atom. The van der Waals surface area contributed by atoms with E-state index in [-0.39, 0.29) is 17.8 Å². The number of carboxylic acids is 2. The SMILES string of the molecule is O=C(CCCN1CCN(c2ccc(F)cc2)CC1)N[C@H]1c2ccccc2CSc2ccccc21.O=C(O)/C=C/C(=O)O. The summed E-state index contributed by atoms with van der Waals surface area (Å²) in [7, 11) is 0. The topological polar surface area (TPSA) is 110 Å². The Hall–Kier alpha value is -4.15. The molecular weight excluding hydrogens is 557 g/mol. The molecule has 220 valence electrons. The van der Waals surface area contributed by atoms with Crippen molar-refractivity contribution in [3.05, 3.63) is 107 Å². The molecule has 0 spiro atoms. The number of halogens is 1. The molecule has 1 saturated heterocycles. The van der Waals surface area contributed by atoms with Crippen LogP contribution in [0.1, 0.15) is 35.6 Å². The summed E-state index contributed by atoms with van der Waals surface area (Å²) >= 11 is 1.84. The van der Waals surface area contributed by atoms with Crippen LogP contribution in [0.3, 0.4) is 0 Å². The molecule has 42 heavy (non-hydrogen) atoms. The number of thioether (sulfide) groups is 1. The van der Waals surface area contributed by atoms with Gasteiger partial charge in [0.25, 0.3) is 0 Å². The molecule has 2 aliphatic rings. The van der Waals surface area contributed by atoms with Gasteiger partial charge in [-0.2, -0.15) is 0 Å². The highest BCUT2D eigenvalue weighted by Gasteiger charge is 2.25. The highest BCUT2D eigenvalue weighted by Crippen LogP contribution is 2.39. The maximum absolute atomic E-state index is 13.2. The number of hydrogen-bond acceptors (Lipinski definition) is 6. The van der Waals surface area contributed by atoms with Crippen LogP contribution in [0.25, 0.3) is 0 Å². The molecule has 10 heteroatoms. The maximum Gasteiger partial charge on any atom is 0.328 e. The second-order valence-electron chi connectivity index (χ2n) is 9.94. The molecule has 1 amide bonds. The number of nitrogens with one attached hydrogen (secondary N) is 1. The average Bonchev–Trinajstić information content (AvgIpc) is 3.14. The maximum atomic E-state index is 13.2. The van der Waals surface area contributed by atoms with Gasteiger partial charge in [0.2, 0.25) is 5.91 Å². The third-order valence-corrected chi connectivity index (χ3v) is 8.23. The minimum Gasteiger partial charge on any atom is -0.478 e. The van der Waals surface area contributed by atoms with Crippen LogP contribution in [0, 0.1) is 5.82 Å². The largest absolute Gasteiger partial charge is 0.478 e. The first-order valence-electron chi connectivity index (χ1n) is 13.8. The quantitative estimate of drug-likeness (QED) is 0.316. The van der Waals surface area contributed by atoms with Gasteiger partial charge in [-0.05, 0) is 60.0 Å². The van der Waals surface area contributed by atoms with Crippen LogP contribution < -0.4 is 10.2 Å². The van der Waals surface area contributed by atoms with Gasteiger partial charge < -0.3 is 20.4 Å². The Labute approximate surface area is 248 Å². The fraction of sp³-hybridized carbons (Fsp3) is 0.281. The van der Waals surface area contributed by atoms with Gasteiger partial charge in [-0.1, -0.05) is 42.5 Å². The monoisotopic (exact) mass is 591 g/mol. The van der Waals surface area contributed by atoms with Crippen molar-refractivity contribution in [1.29, 1.82) is 0 Å². The van der Waals surface area contributed by atoms with E-state index in [0.29, 0.717) is 18.6 Å².